The maximum Gasteiger partial charge on any atom is -1.00 e. The van der Waals surface area contributed by atoms with Crippen LogP contribution in [0.1, 0.15) is 41.9 Å². The van der Waals surface area contributed by atoms with Gasteiger partial charge in [-0.15, -0.1) is 0 Å². The van der Waals surface area contributed by atoms with Crippen molar-refractivity contribution in [1.29, 1.82) is 0 Å². The maximum absolute atomic E-state index is 2.57. The average Bonchev–Trinajstić information content (AvgIpc) is 2.81. The van der Waals surface area contributed by atoms with Gasteiger partial charge in [0.05, 0.1) is 0 Å². The third-order valence-electron chi connectivity index (χ3n) is 5.83. The van der Waals surface area contributed by atoms with Crippen LogP contribution in [0.15, 0.2) is 50.8 Å². The molecule has 0 amide bonds. The summed E-state index contributed by atoms with van der Waals surface area (Å²) in [5.41, 5.74) is 6.28. The van der Waals surface area contributed by atoms with Crippen LogP contribution in [0.5, 0.6) is 0 Å². The van der Waals surface area contributed by atoms with E-state index in [1.807, 2.05) is 3.28 Å². The number of hydrogen-bond acceptors (Lipinski definition) is 0. The molecule has 1 saturated heterocycles. The fourth-order valence-electron chi connectivity index (χ4n) is 4.39. The molecule has 0 spiro atoms. The molecule has 1 aliphatic heterocycles. The molecule has 2 aliphatic carbocycles. The minimum Gasteiger partial charge on any atom is -1.00 e. The minimum atomic E-state index is -2.16. The van der Waals surface area contributed by atoms with Crippen LogP contribution in [0.25, 0.3) is 6.08 Å². The van der Waals surface area contributed by atoms with Gasteiger partial charge in [-0.25, -0.2) is 0 Å². The van der Waals surface area contributed by atoms with E-state index in [1.165, 1.54) is 12.0 Å². The van der Waals surface area contributed by atoms with Crippen molar-refractivity contribution in [3.8, 4) is 0 Å². The molecule has 3 unspecified atom stereocenters. The van der Waals surface area contributed by atoms with Crippen molar-refractivity contribution in [2.75, 3.05) is 0 Å². The van der Waals surface area contributed by atoms with Crippen LogP contribution in [0, 0.1) is 0 Å². The van der Waals surface area contributed by atoms with Crippen molar-refractivity contribution in [1.82, 2.24) is 0 Å². The van der Waals surface area contributed by atoms with E-state index < -0.39 is 20.3 Å². The van der Waals surface area contributed by atoms with E-state index >= 15 is 0 Å². The molecule has 3 atom stereocenters. The number of halogens is 2. The summed E-state index contributed by atoms with van der Waals surface area (Å²) in [5, 5.41) is 0. The molecule has 0 radical (unpaired) electrons. The second-order valence-corrected chi connectivity index (χ2v) is 18.6. The average molecular weight is 413 g/mol. The first-order valence-electron chi connectivity index (χ1n) is 7.77. The first-order valence-corrected chi connectivity index (χ1v) is 13.6. The molecular weight excluding hydrogens is 390 g/mol. The standard InChI is InChI=1S/C9H7.C7H9.C3H6.2ClH.Zr/c1-2-5-9-7-3-6-8(9)4-1;1-6-4-3-5-7(6)2;1-3-2;;;/h1-7H;4H,5H2,1-2H3;3H,1H2,2H3;2*1H;/q;;;;;+2/p-2. The van der Waals surface area contributed by atoms with E-state index in [1.54, 1.807) is 20.8 Å². The van der Waals surface area contributed by atoms with Gasteiger partial charge in [0.1, 0.15) is 0 Å². The van der Waals surface area contributed by atoms with Gasteiger partial charge in [-0.05, 0) is 0 Å². The summed E-state index contributed by atoms with van der Waals surface area (Å²) in [6, 6.07) is 9.07. The zero-order valence-electron chi connectivity index (χ0n) is 13.4. The summed E-state index contributed by atoms with van der Waals surface area (Å²) in [6.45, 7) is 7.14. The second kappa shape index (κ2) is 6.42. The molecule has 1 aromatic rings. The number of fused-ring (bicyclic) bond motifs is 1. The molecule has 0 N–H and O–H groups in total. The van der Waals surface area contributed by atoms with Gasteiger partial charge in [0.2, 0.25) is 0 Å². The van der Waals surface area contributed by atoms with E-state index in [-0.39, 0.29) is 24.8 Å². The smallest absolute Gasteiger partial charge is 1.00 e. The fraction of sp³-hybridized carbons (Fsp3) is 0.368. The van der Waals surface area contributed by atoms with E-state index in [0.717, 1.165) is 7.25 Å². The van der Waals surface area contributed by atoms with Crippen molar-refractivity contribution >= 4 is 6.08 Å². The molecule has 1 heterocycles. The Morgan fingerprint density at radius 3 is 2.36 bits per heavy atom. The van der Waals surface area contributed by atoms with Crippen LogP contribution < -0.4 is 24.8 Å². The SMILES string of the molecule is CC1=C(C)C[C]([Zr+2]2([CH]3C=Cc4ccccc43)[CH2][CH]2C)=C1.[Cl-].[Cl-]. The van der Waals surface area contributed by atoms with E-state index in [0.29, 0.717) is 0 Å². The first-order chi connectivity index (χ1) is 9.63. The summed E-state index contributed by atoms with van der Waals surface area (Å²) in [6.07, 6.45) is 8.79. The zero-order chi connectivity index (χ0) is 13.9. The number of rotatable bonds is 2. The zero-order valence-corrected chi connectivity index (χ0v) is 17.3. The third-order valence-corrected chi connectivity index (χ3v) is 20.2. The van der Waals surface area contributed by atoms with Crippen molar-refractivity contribution < 1.29 is 45.1 Å². The second-order valence-electron chi connectivity index (χ2n) is 6.92. The van der Waals surface area contributed by atoms with Crippen LogP contribution in [-0.4, -0.2) is 0 Å². The predicted octanol–water partition coefficient (Wildman–Crippen LogP) is -0.219. The molecule has 4 rings (SSSR count). The van der Waals surface area contributed by atoms with Gasteiger partial charge in [-0.1, -0.05) is 0 Å². The molecule has 0 nitrogen and oxygen atoms in total. The van der Waals surface area contributed by atoms with Gasteiger partial charge < -0.3 is 24.8 Å². The van der Waals surface area contributed by atoms with Crippen molar-refractivity contribution in [2.24, 2.45) is 0 Å². The van der Waals surface area contributed by atoms with Gasteiger partial charge in [0, 0.05) is 0 Å². The Kier molecular flexibility index (Phi) is 5.33. The van der Waals surface area contributed by atoms with E-state index in [2.05, 4.69) is 63.3 Å². The quantitative estimate of drug-likeness (QED) is 0.630. The molecule has 116 valence electrons. The van der Waals surface area contributed by atoms with Crippen LogP contribution in [0.4, 0.5) is 0 Å². The fourth-order valence-corrected chi connectivity index (χ4v) is 20.8. The predicted molar refractivity (Wildman–Crippen MR) is 83.5 cm³/mol. The molecule has 1 aromatic carbocycles. The summed E-state index contributed by atoms with van der Waals surface area (Å²) in [5.74, 6) is 0. The van der Waals surface area contributed by atoms with Gasteiger partial charge >= 0.3 is 127 Å². The maximum atomic E-state index is 2.57. The van der Waals surface area contributed by atoms with Gasteiger partial charge in [0.15, 0.2) is 0 Å². The van der Waals surface area contributed by atoms with E-state index in [4.69, 9.17) is 0 Å². The van der Waals surface area contributed by atoms with Gasteiger partial charge in [0.25, 0.3) is 0 Å². The summed E-state index contributed by atoms with van der Waals surface area (Å²) in [4.78, 5) is 0. The number of benzene rings is 1. The molecule has 22 heavy (non-hydrogen) atoms. The first kappa shape index (κ1) is 18.2. The largest absolute Gasteiger partial charge is 1.00 e. The number of hydrogen-bond donors (Lipinski definition) is 0. The molecule has 0 saturated carbocycles. The molecule has 3 aliphatic rings. The van der Waals surface area contributed by atoms with Crippen molar-refractivity contribution in [3.05, 3.63) is 62.0 Å². The number of allylic oxidation sites excluding steroid dienone is 5. The Morgan fingerprint density at radius 2 is 1.77 bits per heavy atom. The topological polar surface area (TPSA) is 0 Å². The molecule has 1 fully saturated rings. The Hall–Kier alpha value is -0.0969. The Balaban J connectivity index is 0.000000882. The van der Waals surface area contributed by atoms with Crippen LogP contribution >= 0.6 is 0 Å². The summed E-state index contributed by atoms with van der Waals surface area (Å²) < 4.78 is 5.29. The Bertz CT molecular complexity index is 686. The molecule has 0 bridgehead atoms. The van der Waals surface area contributed by atoms with Crippen molar-refractivity contribution in [2.45, 2.75) is 38.6 Å². The van der Waals surface area contributed by atoms with Crippen LogP contribution in [-0.2, 0) is 20.3 Å². The third kappa shape index (κ3) is 2.54. The monoisotopic (exact) mass is 410 g/mol. The summed E-state index contributed by atoms with van der Waals surface area (Å²) >= 11 is -2.16. The normalized spacial score (nSPS) is 28.4. The van der Waals surface area contributed by atoms with E-state index in [9.17, 15) is 0 Å². The molecule has 3 heteroatoms. The van der Waals surface area contributed by atoms with Crippen LogP contribution in [0.2, 0.25) is 7.75 Å². The Labute approximate surface area is 151 Å². The summed E-state index contributed by atoms with van der Waals surface area (Å²) in [7, 11) is 0. The van der Waals surface area contributed by atoms with Gasteiger partial charge in [-0.3, -0.25) is 0 Å². The Morgan fingerprint density at radius 1 is 1.09 bits per heavy atom. The van der Waals surface area contributed by atoms with Crippen molar-refractivity contribution in [3.63, 3.8) is 0 Å². The van der Waals surface area contributed by atoms with Gasteiger partial charge in [-0.2, -0.15) is 0 Å². The molecule has 0 aromatic heterocycles. The minimum absolute atomic E-state index is 0. The molecular formula is C19H22Cl2Zr. The van der Waals surface area contributed by atoms with Crippen LogP contribution in [0.3, 0.4) is 0 Å².